The Morgan fingerprint density at radius 3 is 3.07 bits per heavy atom. The number of nitrogens with zero attached hydrogens (tertiary/aromatic N) is 1. The maximum Gasteiger partial charge on any atom is 0.0516 e. The van der Waals surface area contributed by atoms with E-state index >= 15 is 0 Å². The molecule has 15 heavy (non-hydrogen) atoms. The number of rotatable bonds is 1. The summed E-state index contributed by atoms with van der Waals surface area (Å²) in [4.78, 5) is 0. The van der Waals surface area contributed by atoms with Crippen molar-refractivity contribution in [1.82, 2.24) is 4.57 Å². The number of halogens is 1. The Balaban J connectivity index is 2.43. The zero-order chi connectivity index (χ0) is 10.4. The maximum absolute atomic E-state index is 4.40. The minimum atomic E-state index is 0.819. The first-order valence-electron chi connectivity index (χ1n) is 5.20. The molecule has 0 saturated heterocycles. The highest BCUT2D eigenvalue weighted by atomic mass is 79.9. The van der Waals surface area contributed by atoms with Gasteiger partial charge in [0.15, 0.2) is 0 Å². The number of aromatic nitrogens is 1. The predicted molar refractivity (Wildman–Crippen MR) is 70.6 cm³/mol. The maximum atomic E-state index is 4.40. The fourth-order valence-corrected chi connectivity index (χ4v) is 3.25. The van der Waals surface area contributed by atoms with E-state index in [1.54, 1.807) is 0 Å². The van der Waals surface area contributed by atoms with Crippen LogP contribution in [0.25, 0.3) is 10.9 Å². The summed E-state index contributed by atoms with van der Waals surface area (Å²) in [5.74, 6) is 0.819. The molecule has 2 heterocycles. The second-order valence-corrected chi connectivity index (χ2v) is 5.30. The van der Waals surface area contributed by atoms with Crippen LogP contribution < -0.4 is 0 Å². The van der Waals surface area contributed by atoms with Crippen molar-refractivity contribution in [3.05, 3.63) is 33.9 Å². The van der Waals surface area contributed by atoms with Gasteiger partial charge < -0.3 is 4.57 Å². The molecular weight excluding hydrogens is 270 g/mol. The highest BCUT2D eigenvalue weighted by Gasteiger charge is 2.15. The SMILES string of the molecule is SCc1cn2c3c(cc(Br)cc13)CCC2. The molecule has 0 amide bonds. The molecule has 1 aromatic heterocycles. The zero-order valence-electron chi connectivity index (χ0n) is 8.33. The summed E-state index contributed by atoms with van der Waals surface area (Å²) in [5.41, 5.74) is 4.24. The molecule has 0 spiro atoms. The molecule has 0 fully saturated rings. The predicted octanol–water partition coefficient (Wildman–Crippen LogP) is 3.78. The molecule has 0 N–H and O–H groups in total. The molecule has 0 unspecified atom stereocenters. The van der Waals surface area contributed by atoms with Crippen molar-refractivity contribution in [2.45, 2.75) is 25.1 Å². The van der Waals surface area contributed by atoms with Gasteiger partial charge in [-0.2, -0.15) is 12.6 Å². The van der Waals surface area contributed by atoms with Crippen LogP contribution in [0.2, 0.25) is 0 Å². The van der Waals surface area contributed by atoms with Crippen molar-refractivity contribution < 1.29 is 0 Å². The van der Waals surface area contributed by atoms with Crippen LogP contribution in [0.3, 0.4) is 0 Å². The van der Waals surface area contributed by atoms with E-state index in [2.05, 4.69) is 51.5 Å². The number of benzene rings is 1. The van der Waals surface area contributed by atoms with Crippen LogP contribution in [0.4, 0.5) is 0 Å². The molecular formula is C12H12BrNS. The van der Waals surface area contributed by atoms with Crippen LogP contribution in [-0.2, 0) is 18.7 Å². The van der Waals surface area contributed by atoms with Gasteiger partial charge in [0.25, 0.3) is 0 Å². The lowest BCUT2D eigenvalue weighted by atomic mass is 10.0. The summed E-state index contributed by atoms with van der Waals surface area (Å²) in [6, 6.07) is 4.46. The number of thiol groups is 1. The van der Waals surface area contributed by atoms with E-state index in [9.17, 15) is 0 Å². The van der Waals surface area contributed by atoms with Crippen molar-refractivity contribution in [2.24, 2.45) is 0 Å². The monoisotopic (exact) mass is 281 g/mol. The van der Waals surface area contributed by atoms with E-state index < -0.39 is 0 Å². The molecule has 1 nitrogen and oxygen atoms in total. The van der Waals surface area contributed by atoms with Crippen molar-refractivity contribution in [1.29, 1.82) is 0 Å². The summed E-state index contributed by atoms with van der Waals surface area (Å²) in [5, 5.41) is 1.37. The normalized spacial score (nSPS) is 14.8. The Labute approximate surface area is 103 Å². The van der Waals surface area contributed by atoms with Crippen molar-refractivity contribution in [2.75, 3.05) is 0 Å². The average molecular weight is 282 g/mol. The Bertz CT molecular complexity index is 530. The van der Waals surface area contributed by atoms with Gasteiger partial charge in [-0.3, -0.25) is 0 Å². The van der Waals surface area contributed by atoms with Gasteiger partial charge in [-0.25, -0.2) is 0 Å². The van der Waals surface area contributed by atoms with Gasteiger partial charge in [-0.05, 0) is 36.1 Å². The lowest BCUT2D eigenvalue weighted by Crippen LogP contribution is -2.06. The molecule has 3 rings (SSSR count). The summed E-state index contributed by atoms with van der Waals surface area (Å²) < 4.78 is 3.57. The van der Waals surface area contributed by atoms with E-state index in [4.69, 9.17) is 0 Å². The van der Waals surface area contributed by atoms with Crippen LogP contribution in [0.1, 0.15) is 17.5 Å². The first-order chi connectivity index (χ1) is 7.29. The molecule has 0 bridgehead atoms. The van der Waals surface area contributed by atoms with Crippen LogP contribution >= 0.6 is 28.6 Å². The fourth-order valence-electron chi connectivity index (χ4n) is 2.49. The first-order valence-corrected chi connectivity index (χ1v) is 6.63. The van der Waals surface area contributed by atoms with Gasteiger partial charge in [-0.15, -0.1) is 0 Å². The summed E-state index contributed by atoms with van der Waals surface area (Å²) in [6.45, 7) is 1.15. The second kappa shape index (κ2) is 3.56. The first kappa shape index (κ1) is 9.79. The molecule has 2 aromatic rings. The largest absolute Gasteiger partial charge is 0.347 e. The fraction of sp³-hybridized carbons (Fsp3) is 0.333. The number of hydrogen-bond donors (Lipinski definition) is 1. The number of hydrogen-bond acceptors (Lipinski definition) is 1. The third kappa shape index (κ3) is 1.44. The molecule has 1 aromatic carbocycles. The Morgan fingerprint density at radius 1 is 1.40 bits per heavy atom. The van der Waals surface area contributed by atoms with E-state index in [-0.39, 0.29) is 0 Å². The highest BCUT2D eigenvalue weighted by Crippen LogP contribution is 2.33. The average Bonchev–Trinajstić information content (AvgIpc) is 2.58. The van der Waals surface area contributed by atoms with E-state index in [1.807, 2.05) is 0 Å². The highest BCUT2D eigenvalue weighted by molar-refractivity contribution is 9.10. The van der Waals surface area contributed by atoms with Crippen LogP contribution in [-0.4, -0.2) is 4.57 Å². The van der Waals surface area contributed by atoms with E-state index in [0.29, 0.717) is 0 Å². The summed E-state index contributed by atoms with van der Waals surface area (Å²) in [6.07, 6.45) is 4.71. The zero-order valence-corrected chi connectivity index (χ0v) is 10.8. The summed E-state index contributed by atoms with van der Waals surface area (Å²) in [7, 11) is 0. The van der Waals surface area contributed by atoms with Crippen molar-refractivity contribution in [3.63, 3.8) is 0 Å². The molecule has 0 radical (unpaired) electrons. The standard InChI is InChI=1S/C12H12BrNS/c13-10-4-8-2-1-3-14-6-9(7-15)11(5-10)12(8)14/h4-6,15H,1-3,7H2. The van der Waals surface area contributed by atoms with Gasteiger partial charge in [0.2, 0.25) is 0 Å². The van der Waals surface area contributed by atoms with Gasteiger partial charge in [0.05, 0.1) is 5.52 Å². The molecule has 0 atom stereocenters. The van der Waals surface area contributed by atoms with Gasteiger partial charge in [-0.1, -0.05) is 15.9 Å². The van der Waals surface area contributed by atoms with Crippen LogP contribution in [0.15, 0.2) is 22.8 Å². The topological polar surface area (TPSA) is 4.93 Å². The third-order valence-electron chi connectivity index (χ3n) is 3.11. The summed E-state index contributed by atoms with van der Waals surface area (Å²) >= 11 is 7.98. The molecule has 0 aliphatic carbocycles. The van der Waals surface area contributed by atoms with Gasteiger partial charge in [0.1, 0.15) is 0 Å². The molecule has 0 saturated carbocycles. The smallest absolute Gasteiger partial charge is 0.0516 e. The van der Waals surface area contributed by atoms with Crippen molar-refractivity contribution in [3.8, 4) is 0 Å². The number of aryl methyl sites for hydroxylation is 2. The van der Waals surface area contributed by atoms with Crippen LogP contribution in [0.5, 0.6) is 0 Å². The van der Waals surface area contributed by atoms with E-state index in [1.165, 1.54) is 39.3 Å². The quantitative estimate of drug-likeness (QED) is 0.760. The van der Waals surface area contributed by atoms with Crippen LogP contribution in [0, 0.1) is 0 Å². The molecule has 1 aliphatic heterocycles. The van der Waals surface area contributed by atoms with Gasteiger partial charge >= 0.3 is 0 Å². The molecule has 78 valence electrons. The van der Waals surface area contributed by atoms with E-state index in [0.717, 1.165) is 12.3 Å². The minimum absolute atomic E-state index is 0.819. The minimum Gasteiger partial charge on any atom is -0.347 e. The third-order valence-corrected chi connectivity index (χ3v) is 3.91. The lowest BCUT2D eigenvalue weighted by Gasteiger charge is -2.15. The Hall–Kier alpha value is -0.410. The Kier molecular flexibility index (Phi) is 2.33. The molecule has 1 aliphatic rings. The Morgan fingerprint density at radius 2 is 2.27 bits per heavy atom. The van der Waals surface area contributed by atoms with Gasteiger partial charge in [0, 0.05) is 28.4 Å². The molecule has 3 heteroatoms. The lowest BCUT2D eigenvalue weighted by molar-refractivity contribution is 0.635. The second-order valence-electron chi connectivity index (χ2n) is 4.07. The van der Waals surface area contributed by atoms with Crippen molar-refractivity contribution >= 4 is 39.5 Å².